The van der Waals surface area contributed by atoms with Gasteiger partial charge in [0, 0.05) is 17.6 Å². The second-order valence-electron chi connectivity index (χ2n) is 6.34. The van der Waals surface area contributed by atoms with Gasteiger partial charge in [-0.25, -0.2) is 9.59 Å². The first-order valence-electron chi connectivity index (χ1n) is 8.93. The molecular formula is C23H17NO5. The summed E-state index contributed by atoms with van der Waals surface area (Å²) in [5, 5.41) is 0.778. The number of carbonyl (C=O) groups excluding carboxylic acids is 1. The third kappa shape index (κ3) is 4.01. The minimum atomic E-state index is -0.452. The molecule has 2 heterocycles. The number of aromatic nitrogens is 1. The number of benzene rings is 2. The summed E-state index contributed by atoms with van der Waals surface area (Å²) in [6.45, 7) is 0.309. The summed E-state index contributed by atoms with van der Waals surface area (Å²) in [5.41, 5.74) is 2.34. The first kappa shape index (κ1) is 18.4. The molecule has 6 nitrogen and oxygen atoms in total. The molecule has 29 heavy (non-hydrogen) atoms. The summed E-state index contributed by atoms with van der Waals surface area (Å²) in [5.74, 6) is 0.190. The number of hydrogen-bond acceptors (Lipinski definition) is 6. The minimum absolute atomic E-state index is 0.309. The molecule has 0 aliphatic rings. The van der Waals surface area contributed by atoms with E-state index in [1.165, 1.54) is 7.11 Å². The lowest BCUT2D eigenvalue weighted by molar-refractivity contribution is 0.0600. The monoisotopic (exact) mass is 387 g/mol. The molecule has 2 aromatic carbocycles. The van der Waals surface area contributed by atoms with E-state index in [4.69, 9.17) is 9.15 Å². The summed E-state index contributed by atoms with van der Waals surface area (Å²) in [7, 11) is 1.34. The SMILES string of the molecule is COC(=O)c1ccc(COc2ccc3cc(-c4ccccn4)c(=O)oc3c2)cc1. The topological polar surface area (TPSA) is 78.6 Å². The molecule has 0 bridgehead atoms. The molecule has 4 rings (SSSR count). The van der Waals surface area contributed by atoms with Gasteiger partial charge < -0.3 is 13.9 Å². The Bertz CT molecular complexity index is 1210. The lowest BCUT2D eigenvalue weighted by Crippen LogP contribution is -2.04. The van der Waals surface area contributed by atoms with Crippen LogP contribution in [-0.4, -0.2) is 18.1 Å². The first-order chi connectivity index (χ1) is 14.1. The smallest absolute Gasteiger partial charge is 0.345 e. The molecule has 0 N–H and O–H groups in total. The summed E-state index contributed by atoms with van der Waals surface area (Å²) in [6.07, 6.45) is 1.63. The number of rotatable bonds is 5. The second-order valence-corrected chi connectivity index (χ2v) is 6.34. The molecule has 0 spiro atoms. The highest BCUT2D eigenvalue weighted by Gasteiger charge is 2.10. The zero-order valence-electron chi connectivity index (χ0n) is 15.6. The standard InChI is InChI=1S/C23H17NO5/c1-27-22(25)16-7-5-15(6-8-16)14-28-18-10-9-17-12-19(20-4-2-3-11-24-20)23(26)29-21(17)13-18/h2-13H,14H2,1H3. The van der Waals surface area contributed by atoms with E-state index in [1.807, 2.05) is 18.2 Å². The largest absolute Gasteiger partial charge is 0.489 e. The maximum atomic E-state index is 12.4. The van der Waals surface area contributed by atoms with Crippen LogP contribution in [0.3, 0.4) is 0 Å². The van der Waals surface area contributed by atoms with E-state index in [0.29, 0.717) is 34.8 Å². The maximum absolute atomic E-state index is 12.4. The van der Waals surface area contributed by atoms with Gasteiger partial charge >= 0.3 is 11.6 Å². The lowest BCUT2D eigenvalue weighted by atomic mass is 10.1. The quantitative estimate of drug-likeness (QED) is 0.377. The van der Waals surface area contributed by atoms with Crippen molar-refractivity contribution in [1.82, 2.24) is 4.98 Å². The predicted molar refractivity (Wildman–Crippen MR) is 108 cm³/mol. The fraction of sp³-hybridized carbons (Fsp3) is 0.0870. The third-order valence-electron chi connectivity index (χ3n) is 4.43. The van der Waals surface area contributed by atoms with E-state index in [0.717, 1.165) is 10.9 Å². The van der Waals surface area contributed by atoms with Gasteiger partial charge in [-0.05, 0) is 48.0 Å². The molecular weight excluding hydrogens is 370 g/mol. The van der Waals surface area contributed by atoms with Crippen LogP contribution in [0, 0.1) is 0 Å². The molecule has 4 aromatic rings. The van der Waals surface area contributed by atoms with Crippen LogP contribution in [0.15, 0.2) is 82.1 Å². The first-order valence-corrected chi connectivity index (χ1v) is 8.93. The number of carbonyl (C=O) groups is 1. The molecule has 0 unspecified atom stereocenters. The van der Waals surface area contributed by atoms with Gasteiger partial charge in [0.1, 0.15) is 17.9 Å². The van der Waals surface area contributed by atoms with Gasteiger partial charge in [0.25, 0.3) is 0 Å². The summed E-state index contributed by atoms with van der Waals surface area (Å²) in [6, 6.07) is 19.4. The number of hydrogen-bond donors (Lipinski definition) is 0. The fourth-order valence-corrected chi connectivity index (χ4v) is 2.90. The average Bonchev–Trinajstić information content (AvgIpc) is 2.77. The van der Waals surface area contributed by atoms with Crippen LogP contribution in [-0.2, 0) is 11.3 Å². The molecule has 0 aliphatic carbocycles. The second kappa shape index (κ2) is 7.98. The van der Waals surface area contributed by atoms with Crippen LogP contribution in [0.25, 0.3) is 22.2 Å². The Kier molecular flexibility index (Phi) is 5.07. The third-order valence-corrected chi connectivity index (χ3v) is 4.43. The van der Waals surface area contributed by atoms with Crippen LogP contribution in [0.2, 0.25) is 0 Å². The fourth-order valence-electron chi connectivity index (χ4n) is 2.90. The van der Waals surface area contributed by atoms with Gasteiger partial charge in [-0.2, -0.15) is 0 Å². The molecule has 0 saturated carbocycles. The van der Waals surface area contributed by atoms with Crippen molar-refractivity contribution in [2.24, 2.45) is 0 Å². The Balaban J connectivity index is 1.53. The van der Waals surface area contributed by atoms with Crippen molar-refractivity contribution in [3.05, 3.63) is 94.5 Å². The van der Waals surface area contributed by atoms with Gasteiger partial charge in [-0.1, -0.05) is 18.2 Å². The molecule has 6 heteroatoms. The van der Waals surface area contributed by atoms with E-state index < -0.39 is 5.63 Å². The van der Waals surface area contributed by atoms with E-state index in [9.17, 15) is 9.59 Å². The van der Waals surface area contributed by atoms with E-state index in [1.54, 1.807) is 54.7 Å². The van der Waals surface area contributed by atoms with Crippen LogP contribution in [0.1, 0.15) is 15.9 Å². The molecule has 0 fully saturated rings. The molecule has 0 radical (unpaired) electrons. The van der Waals surface area contributed by atoms with Gasteiger partial charge in [-0.3, -0.25) is 4.98 Å². The van der Waals surface area contributed by atoms with E-state index >= 15 is 0 Å². The Morgan fingerprint density at radius 2 is 1.86 bits per heavy atom. The van der Waals surface area contributed by atoms with Crippen molar-refractivity contribution in [1.29, 1.82) is 0 Å². The van der Waals surface area contributed by atoms with Crippen molar-refractivity contribution in [2.75, 3.05) is 7.11 Å². The molecule has 0 atom stereocenters. The van der Waals surface area contributed by atoms with Crippen molar-refractivity contribution in [3.63, 3.8) is 0 Å². The molecule has 2 aromatic heterocycles. The lowest BCUT2D eigenvalue weighted by Gasteiger charge is -2.08. The number of fused-ring (bicyclic) bond motifs is 1. The van der Waals surface area contributed by atoms with Crippen LogP contribution >= 0.6 is 0 Å². The van der Waals surface area contributed by atoms with Crippen LogP contribution in [0.4, 0.5) is 0 Å². The van der Waals surface area contributed by atoms with Crippen molar-refractivity contribution in [2.45, 2.75) is 6.61 Å². The Morgan fingerprint density at radius 3 is 2.59 bits per heavy atom. The van der Waals surface area contributed by atoms with Crippen molar-refractivity contribution in [3.8, 4) is 17.0 Å². The van der Waals surface area contributed by atoms with Gasteiger partial charge in [0.15, 0.2) is 0 Å². The minimum Gasteiger partial charge on any atom is -0.489 e. The number of methoxy groups -OCH3 is 1. The van der Waals surface area contributed by atoms with Crippen LogP contribution in [0.5, 0.6) is 5.75 Å². The van der Waals surface area contributed by atoms with Gasteiger partial charge in [0.05, 0.1) is 23.9 Å². The van der Waals surface area contributed by atoms with Crippen LogP contribution < -0.4 is 10.4 Å². The zero-order chi connectivity index (χ0) is 20.2. The number of nitrogens with zero attached hydrogens (tertiary/aromatic N) is 1. The van der Waals surface area contributed by atoms with Gasteiger partial charge in [-0.15, -0.1) is 0 Å². The Morgan fingerprint density at radius 1 is 1.03 bits per heavy atom. The Hall–Kier alpha value is -3.93. The van der Waals surface area contributed by atoms with Gasteiger partial charge in [0.2, 0.25) is 0 Å². The highest BCUT2D eigenvalue weighted by Crippen LogP contribution is 2.24. The van der Waals surface area contributed by atoms with Crippen molar-refractivity contribution < 1.29 is 18.7 Å². The number of pyridine rings is 1. The number of esters is 1. The normalized spacial score (nSPS) is 10.7. The number of ether oxygens (including phenoxy) is 2. The zero-order valence-corrected chi connectivity index (χ0v) is 15.6. The highest BCUT2D eigenvalue weighted by molar-refractivity contribution is 5.89. The molecule has 0 amide bonds. The molecule has 144 valence electrons. The Labute approximate surface area is 166 Å². The summed E-state index contributed by atoms with van der Waals surface area (Å²) < 4.78 is 15.9. The summed E-state index contributed by atoms with van der Waals surface area (Å²) in [4.78, 5) is 28.0. The molecule has 0 aliphatic heterocycles. The maximum Gasteiger partial charge on any atom is 0.345 e. The highest BCUT2D eigenvalue weighted by atomic mass is 16.5. The average molecular weight is 387 g/mol. The summed E-state index contributed by atoms with van der Waals surface area (Å²) >= 11 is 0. The van der Waals surface area contributed by atoms with E-state index in [-0.39, 0.29) is 5.97 Å². The van der Waals surface area contributed by atoms with E-state index in [2.05, 4.69) is 9.72 Å². The molecule has 0 saturated heterocycles. The predicted octanol–water partition coefficient (Wildman–Crippen LogP) is 4.22. The van der Waals surface area contributed by atoms with Crippen molar-refractivity contribution >= 4 is 16.9 Å².